The van der Waals surface area contributed by atoms with Crippen LogP contribution in [0.4, 0.5) is 22.7 Å². The topological polar surface area (TPSA) is 46.9 Å². The number of aliphatic hydroxyl groups excluding tert-OH is 2. The predicted molar refractivity (Wildman–Crippen MR) is 151 cm³/mol. The van der Waals surface area contributed by atoms with Gasteiger partial charge in [0.25, 0.3) is 0 Å². The number of benzene rings is 4. The number of anilines is 4. The minimum absolute atomic E-state index is 0.0599. The lowest BCUT2D eigenvalue weighted by atomic mass is 9.95. The molecule has 0 saturated carbocycles. The van der Waals surface area contributed by atoms with Crippen LogP contribution in [0.15, 0.2) is 84.9 Å². The fraction of sp³-hybridized carbons (Fsp3) is 0.250. The molecule has 0 aliphatic heterocycles. The zero-order valence-electron chi connectivity index (χ0n) is 21.7. The van der Waals surface area contributed by atoms with Gasteiger partial charge in [0.05, 0.1) is 13.2 Å². The van der Waals surface area contributed by atoms with Crippen LogP contribution in [0.25, 0.3) is 11.1 Å². The van der Waals surface area contributed by atoms with E-state index in [2.05, 4.69) is 98.2 Å². The molecule has 4 aromatic rings. The monoisotopic (exact) mass is 480 g/mol. The summed E-state index contributed by atoms with van der Waals surface area (Å²) in [5.41, 5.74) is 11.4. The normalized spacial score (nSPS) is 10.9. The number of nitrogens with zero attached hydrogens (tertiary/aromatic N) is 2. The maximum Gasteiger partial charge on any atom is 0.0681 e. The summed E-state index contributed by atoms with van der Waals surface area (Å²) >= 11 is 0. The fourth-order valence-electron chi connectivity index (χ4n) is 4.83. The third kappa shape index (κ3) is 5.30. The molecule has 0 bridgehead atoms. The Balaban J connectivity index is 1.61. The molecule has 4 rings (SSSR count). The van der Waals surface area contributed by atoms with Gasteiger partial charge in [0, 0.05) is 35.8 Å². The summed E-state index contributed by atoms with van der Waals surface area (Å²) < 4.78 is 0. The van der Waals surface area contributed by atoms with Crippen LogP contribution >= 0.6 is 0 Å². The summed E-state index contributed by atoms with van der Waals surface area (Å²) in [6.45, 7) is 10.5. The summed E-state index contributed by atoms with van der Waals surface area (Å²) in [5.74, 6) is 0. The smallest absolute Gasteiger partial charge is 0.0681 e. The molecule has 0 saturated heterocycles. The molecule has 36 heavy (non-hydrogen) atoms. The molecule has 0 atom stereocenters. The van der Waals surface area contributed by atoms with Crippen LogP contribution in [-0.4, -0.2) is 23.3 Å². The van der Waals surface area contributed by atoms with Crippen LogP contribution in [0, 0.1) is 13.8 Å². The first-order valence-corrected chi connectivity index (χ1v) is 12.6. The highest BCUT2D eigenvalue weighted by Gasteiger charge is 2.14. The van der Waals surface area contributed by atoms with E-state index in [1.54, 1.807) is 0 Å². The average molecular weight is 481 g/mol. The van der Waals surface area contributed by atoms with Crippen molar-refractivity contribution in [2.45, 2.75) is 40.9 Å². The van der Waals surface area contributed by atoms with Crippen molar-refractivity contribution in [3.05, 3.63) is 107 Å². The standard InChI is InChI=1S/C32H36N2O2/c1-5-33(27-11-7-25(21-35)8-12-27)29-15-17-31(23(3)19-29)32-18-16-30(20-24(32)4)34(6-2)28-13-9-26(22-36)10-14-28/h7-20,35-36H,5-6,21-22H2,1-4H3. The molecule has 0 aromatic heterocycles. The van der Waals surface area contributed by atoms with E-state index in [1.165, 1.54) is 22.3 Å². The number of hydrogen-bond acceptors (Lipinski definition) is 4. The number of aryl methyl sites for hydroxylation is 2. The summed E-state index contributed by atoms with van der Waals surface area (Å²) in [5, 5.41) is 18.7. The van der Waals surface area contributed by atoms with Crippen LogP contribution in [0.2, 0.25) is 0 Å². The number of hydrogen-bond donors (Lipinski definition) is 2. The van der Waals surface area contributed by atoms with E-state index >= 15 is 0 Å². The minimum Gasteiger partial charge on any atom is -0.392 e. The zero-order valence-corrected chi connectivity index (χ0v) is 21.7. The van der Waals surface area contributed by atoms with Crippen molar-refractivity contribution in [3.8, 4) is 11.1 Å². The molecule has 0 amide bonds. The largest absolute Gasteiger partial charge is 0.392 e. The third-order valence-corrected chi connectivity index (χ3v) is 6.83. The van der Waals surface area contributed by atoms with Crippen LogP contribution in [0.1, 0.15) is 36.1 Å². The fourth-order valence-corrected chi connectivity index (χ4v) is 4.83. The molecule has 4 heteroatoms. The van der Waals surface area contributed by atoms with Crippen molar-refractivity contribution >= 4 is 22.7 Å². The Morgan fingerprint density at radius 1 is 0.500 bits per heavy atom. The molecule has 186 valence electrons. The first kappa shape index (κ1) is 25.5. The van der Waals surface area contributed by atoms with Gasteiger partial charge in [-0.05, 0) is 110 Å². The molecule has 0 aliphatic carbocycles. The molecule has 0 heterocycles. The minimum atomic E-state index is 0.0599. The van der Waals surface area contributed by atoms with Crippen LogP contribution in [0.5, 0.6) is 0 Å². The van der Waals surface area contributed by atoms with Gasteiger partial charge < -0.3 is 20.0 Å². The maximum absolute atomic E-state index is 9.35. The molecule has 0 unspecified atom stereocenters. The first-order chi connectivity index (χ1) is 17.5. The summed E-state index contributed by atoms with van der Waals surface area (Å²) in [7, 11) is 0. The van der Waals surface area contributed by atoms with Crippen molar-refractivity contribution in [1.82, 2.24) is 0 Å². The quantitative estimate of drug-likeness (QED) is 0.264. The second-order valence-electron chi connectivity index (χ2n) is 9.14. The van der Waals surface area contributed by atoms with Gasteiger partial charge in [-0.3, -0.25) is 0 Å². The Bertz CT molecular complexity index is 1190. The Hall–Kier alpha value is -3.60. The van der Waals surface area contributed by atoms with Crippen LogP contribution in [0.3, 0.4) is 0 Å². The van der Waals surface area contributed by atoms with E-state index < -0.39 is 0 Å². The summed E-state index contributed by atoms with van der Waals surface area (Å²) in [6.07, 6.45) is 0. The average Bonchev–Trinajstić information content (AvgIpc) is 2.91. The molecule has 2 N–H and O–H groups in total. The SMILES string of the molecule is CCN(c1ccc(CO)cc1)c1ccc(-c2ccc(N(CC)c3ccc(CO)cc3)cc2C)c(C)c1. The molecule has 0 aliphatic rings. The predicted octanol–water partition coefficient (Wildman–Crippen LogP) is 7.27. The van der Waals surface area contributed by atoms with Crippen molar-refractivity contribution in [1.29, 1.82) is 0 Å². The molecular formula is C32H36N2O2. The number of aliphatic hydroxyl groups is 2. The van der Waals surface area contributed by atoms with E-state index in [0.717, 1.165) is 47.0 Å². The van der Waals surface area contributed by atoms with Gasteiger partial charge in [-0.15, -0.1) is 0 Å². The van der Waals surface area contributed by atoms with Crippen LogP contribution < -0.4 is 9.80 Å². The second-order valence-corrected chi connectivity index (χ2v) is 9.14. The lowest BCUT2D eigenvalue weighted by molar-refractivity contribution is 0.281. The molecule has 0 radical (unpaired) electrons. The van der Waals surface area contributed by atoms with Gasteiger partial charge >= 0.3 is 0 Å². The van der Waals surface area contributed by atoms with Gasteiger partial charge in [-0.1, -0.05) is 36.4 Å². The highest BCUT2D eigenvalue weighted by molar-refractivity contribution is 5.77. The van der Waals surface area contributed by atoms with Gasteiger partial charge in [0.1, 0.15) is 0 Å². The van der Waals surface area contributed by atoms with Crippen LogP contribution in [-0.2, 0) is 13.2 Å². The molecule has 4 nitrogen and oxygen atoms in total. The summed E-state index contributed by atoms with van der Waals surface area (Å²) in [6, 6.07) is 29.5. The lowest BCUT2D eigenvalue weighted by Crippen LogP contribution is -2.16. The van der Waals surface area contributed by atoms with Gasteiger partial charge in [0.15, 0.2) is 0 Å². The second kappa shape index (κ2) is 11.4. The third-order valence-electron chi connectivity index (χ3n) is 6.83. The van der Waals surface area contributed by atoms with Crippen molar-refractivity contribution in [2.75, 3.05) is 22.9 Å². The summed E-state index contributed by atoms with van der Waals surface area (Å²) in [4.78, 5) is 4.57. The molecule has 0 fully saturated rings. The maximum atomic E-state index is 9.35. The van der Waals surface area contributed by atoms with Crippen molar-refractivity contribution in [3.63, 3.8) is 0 Å². The van der Waals surface area contributed by atoms with E-state index in [1.807, 2.05) is 24.3 Å². The van der Waals surface area contributed by atoms with Gasteiger partial charge in [-0.2, -0.15) is 0 Å². The van der Waals surface area contributed by atoms with Crippen molar-refractivity contribution in [2.24, 2.45) is 0 Å². The number of rotatable bonds is 9. The highest BCUT2D eigenvalue weighted by Crippen LogP contribution is 2.35. The Kier molecular flexibility index (Phi) is 8.09. The van der Waals surface area contributed by atoms with Crippen molar-refractivity contribution < 1.29 is 10.2 Å². The van der Waals surface area contributed by atoms with E-state index in [-0.39, 0.29) is 13.2 Å². The Morgan fingerprint density at radius 2 is 0.833 bits per heavy atom. The zero-order chi connectivity index (χ0) is 25.7. The molecule has 0 spiro atoms. The molecule has 4 aromatic carbocycles. The first-order valence-electron chi connectivity index (χ1n) is 12.6. The van der Waals surface area contributed by atoms with E-state index in [9.17, 15) is 10.2 Å². The van der Waals surface area contributed by atoms with E-state index in [4.69, 9.17) is 0 Å². The lowest BCUT2D eigenvalue weighted by Gasteiger charge is -2.26. The van der Waals surface area contributed by atoms with Gasteiger partial charge in [0.2, 0.25) is 0 Å². The highest BCUT2D eigenvalue weighted by atomic mass is 16.3. The van der Waals surface area contributed by atoms with Gasteiger partial charge in [-0.25, -0.2) is 0 Å². The Morgan fingerprint density at radius 3 is 1.11 bits per heavy atom. The van der Waals surface area contributed by atoms with E-state index in [0.29, 0.717) is 0 Å². The Labute approximate surface area is 215 Å². The molecular weight excluding hydrogens is 444 g/mol.